The molecule has 2 heterocycles. The molecule has 3 rings (SSSR count). The van der Waals surface area contributed by atoms with Gasteiger partial charge < -0.3 is 5.73 Å². The first-order valence-corrected chi connectivity index (χ1v) is 6.37. The Morgan fingerprint density at radius 1 is 1.22 bits per heavy atom. The zero-order valence-corrected chi connectivity index (χ0v) is 11.1. The smallest absolute Gasteiger partial charge is 0.182 e. The van der Waals surface area contributed by atoms with Crippen LogP contribution < -0.4 is 5.73 Å². The highest BCUT2D eigenvalue weighted by molar-refractivity contribution is 9.10. The molecule has 0 aliphatic rings. The van der Waals surface area contributed by atoms with Gasteiger partial charge in [-0.25, -0.2) is 9.50 Å². The summed E-state index contributed by atoms with van der Waals surface area (Å²) in [5.41, 5.74) is 8.53. The Morgan fingerprint density at radius 2 is 2.11 bits per heavy atom. The lowest BCUT2D eigenvalue weighted by Gasteiger charge is -1.98. The van der Waals surface area contributed by atoms with Crippen LogP contribution in [0.4, 0.5) is 0 Å². The summed E-state index contributed by atoms with van der Waals surface area (Å²) in [5, 5.41) is 4.45. The number of fused-ring (bicyclic) bond motifs is 1. The second-order valence-electron chi connectivity index (χ2n) is 3.99. The SMILES string of the molecule is NCc1cccc(-c2nc3ccc(Br)cn3n2)c1. The summed E-state index contributed by atoms with van der Waals surface area (Å²) in [4.78, 5) is 4.49. The van der Waals surface area contributed by atoms with Crippen LogP contribution in [0.15, 0.2) is 47.1 Å². The average Bonchev–Trinajstić information content (AvgIpc) is 2.81. The quantitative estimate of drug-likeness (QED) is 0.792. The molecule has 2 aromatic heterocycles. The molecule has 18 heavy (non-hydrogen) atoms. The van der Waals surface area contributed by atoms with Crippen LogP contribution in [0.3, 0.4) is 0 Å². The molecule has 0 saturated heterocycles. The Hall–Kier alpha value is -1.72. The molecule has 90 valence electrons. The first kappa shape index (κ1) is 11.4. The molecule has 0 saturated carbocycles. The minimum Gasteiger partial charge on any atom is -0.326 e. The van der Waals surface area contributed by atoms with Crippen molar-refractivity contribution < 1.29 is 0 Å². The van der Waals surface area contributed by atoms with Crippen molar-refractivity contribution in [3.8, 4) is 11.4 Å². The van der Waals surface area contributed by atoms with Gasteiger partial charge in [0.2, 0.25) is 0 Å². The van der Waals surface area contributed by atoms with Crippen molar-refractivity contribution in [2.24, 2.45) is 5.73 Å². The number of hydrogen-bond donors (Lipinski definition) is 1. The van der Waals surface area contributed by atoms with Crippen molar-refractivity contribution in [2.45, 2.75) is 6.54 Å². The Kier molecular flexibility index (Phi) is 2.85. The first-order valence-electron chi connectivity index (χ1n) is 5.57. The van der Waals surface area contributed by atoms with Gasteiger partial charge in [-0.05, 0) is 39.7 Å². The molecule has 0 amide bonds. The summed E-state index contributed by atoms with van der Waals surface area (Å²) in [6.45, 7) is 0.521. The molecule has 0 radical (unpaired) electrons. The van der Waals surface area contributed by atoms with E-state index in [1.54, 1.807) is 4.52 Å². The van der Waals surface area contributed by atoms with E-state index >= 15 is 0 Å². The van der Waals surface area contributed by atoms with Crippen LogP contribution in [0.2, 0.25) is 0 Å². The van der Waals surface area contributed by atoms with Crippen LogP contribution in [0, 0.1) is 0 Å². The van der Waals surface area contributed by atoms with Gasteiger partial charge in [-0.1, -0.05) is 18.2 Å². The summed E-state index contributed by atoms with van der Waals surface area (Å²) >= 11 is 3.42. The van der Waals surface area contributed by atoms with Gasteiger partial charge in [-0.3, -0.25) is 0 Å². The van der Waals surface area contributed by atoms with E-state index in [0.717, 1.165) is 21.2 Å². The minimum absolute atomic E-state index is 0.521. The summed E-state index contributed by atoms with van der Waals surface area (Å²) in [5.74, 6) is 0.711. The predicted molar refractivity (Wildman–Crippen MR) is 74.0 cm³/mol. The van der Waals surface area contributed by atoms with E-state index in [0.29, 0.717) is 12.4 Å². The zero-order valence-electron chi connectivity index (χ0n) is 9.55. The molecule has 0 bridgehead atoms. The molecule has 0 fully saturated rings. The van der Waals surface area contributed by atoms with E-state index in [-0.39, 0.29) is 0 Å². The van der Waals surface area contributed by atoms with Gasteiger partial charge in [0.25, 0.3) is 0 Å². The lowest BCUT2D eigenvalue weighted by molar-refractivity contribution is 0.960. The highest BCUT2D eigenvalue weighted by atomic mass is 79.9. The lowest BCUT2D eigenvalue weighted by Crippen LogP contribution is -1.96. The van der Waals surface area contributed by atoms with Crippen molar-refractivity contribution in [2.75, 3.05) is 0 Å². The number of nitrogens with two attached hydrogens (primary N) is 1. The summed E-state index contributed by atoms with van der Waals surface area (Å²) < 4.78 is 2.73. The molecule has 1 aromatic carbocycles. The van der Waals surface area contributed by atoms with E-state index in [1.807, 2.05) is 42.6 Å². The van der Waals surface area contributed by atoms with Gasteiger partial charge >= 0.3 is 0 Å². The maximum atomic E-state index is 5.64. The summed E-state index contributed by atoms with van der Waals surface area (Å²) in [6.07, 6.45) is 1.89. The molecule has 0 atom stereocenters. The number of halogens is 1. The minimum atomic E-state index is 0.521. The molecule has 4 nitrogen and oxygen atoms in total. The normalized spacial score (nSPS) is 11.0. The van der Waals surface area contributed by atoms with Crippen molar-refractivity contribution >= 4 is 21.6 Å². The van der Waals surface area contributed by atoms with Crippen LogP contribution in [-0.4, -0.2) is 14.6 Å². The van der Waals surface area contributed by atoms with Gasteiger partial charge in [0.1, 0.15) is 0 Å². The van der Waals surface area contributed by atoms with Gasteiger partial charge in [-0.15, -0.1) is 5.10 Å². The van der Waals surface area contributed by atoms with Crippen molar-refractivity contribution in [1.29, 1.82) is 0 Å². The third kappa shape index (κ3) is 2.02. The first-order chi connectivity index (χ1) is 8.76. The predicted octanol–water partition coefficient (Wildman–Crippen LogP) is 2.62. The molecule has 0 aliphatic carbocycles. The van der Waals surface area contributed by atoms with Crippen LogP contribution in [0.1, 0.15) is 5.56 Å². The number of rotatable bonds is 2. The second kappa shape index (κ2) is 4.51. The topological polar surface area (TPSA) is 56.2 Å². The molecule has 0 aliphatic heterocycles. The highest BCUT2D eigenvalue weighted by Crippen LogP contribution is 2.19. The number of pyridine rings is 1. The Morgan fingerprint density at radius 3 is 2.94 bits per heavy atom. The van der Waals surface area contributed by atoms with Crippen molar-refractivity contribution in [3.05, 3.63) is 52.6 Å². The maximum Gasteiger partial charge on any atom is 0.182 e. The van der Waals surface area contributed by atoms with E-state index in [1.165, 1.54) is 0 Å². The number of benzene rings is 1. The molecular formula is C13H11BrN4. The van der Waals surface area contributed by atoms with Gasteiger partial charge in [-0.2, -0.15) is 0 Å². The van der Waals surface area contributed by atoms with Gasteiger partial charge in [0.05, 0.1) is 0 Å². The van der Waals surface area contributed by atoms with E-state index < -0.39 is 0 Å². The fourth-order valence-corrected chi connectivity index (χ4v) is 2.14. The van der Waals surface area contributed by atoms with Gasteiger partial charge in [0.15, 0.2) is 11.5 Å². The Labute approximate surface area is 113 Å². The molecule has 3 aromatic rings. The largest absolute Gasteiger partial charge is 0.326 e. The average molecular weight is 303 g/mol. The van der Waals surface area contributed by atoms with Crippen molar-refractivity contribution in [1.82, 2.24) is 14.6 Å². The van der Waals surface area contributed by atoms with E-state index in [4.69, 9.17) is 5.73 Å². The van der Waals surface area contributed by atoms with Crippen LogP contribution in [0.25, 0.3) is 17.0 Å². The fourth-order valence-electron chi connectivity index (χ4n) is 1.82. The molecule has 2 N–H and O–H groups in total. The molecular weight excluding hydrogens is 292 g/mol. The van der Waals surface area contributed by atoms with Gasteiger partial charge in [0, 0.05) is 22.8 Å². The lowest BCUT2D eigenvalue weighted by atomic mass is 10.1. The fraction of sp³-hybridized carbons (Fsp3) is 0.0769. The standard InChI is InChI=1S/C13H11BrN4/c14-11-4-5-12-16-13(17-18(12)8-11)10-3-1-2-9(6-10)7-15/h1-6,8H,7,15H2. The van der Waals surface area contributed by atoms with Crippen molar-refractivity contribution in [3.63, 3.8) is 0 Å². The third-order valence-corrected chi connectivity index (χ3v) is 3.18. The van der Waals surface area contributed by atoms with E-state index in [2.05, 4.69) is 26.0 Å². The molecule has 5 heteroatoms. The number of nitrogens with zero attached hydrogens (tertiary/aromatic N) is 3. The second-order valence-corrected chi connectivity index (χ2v) is 4.91. The van der Waals surface area contributed by atoms with E-state index in [9.17, 15) is 0 Å². The molecule has 0 unspecified atom stereocenters. The summed E-state index contributed by atoms with van der Waals surface area (Å²) in [7, 11) is 0. The van der Waals surface area contributed by atoms with Crippen LogP contribution in [-0.2, 0) is 6.54 Å². The molecule has 0 spiro atoms. The Balaban J connectivity index is 2.13. The highest BCUT2D eigenvalue weighted by Gasteiger charge is 2.06. The maximum absolute atomic E-state index is 5.64. The number of aromatic nitrogens is 3. The van der Waals surface area contributed by atoms with Crippen LogP contribution in [0.5, 0.6) is 0 Å². The Bertz CT molecular complexity index is 705. The van der Waals surface area contributed by atoms with Crippen LogP contribution >= 0.6 is 15.9 Å². The zero-order chi connectivity index (χ0) is 12.5. The summed E-state index contributed by atoms with van der Waals surface area (Å²) in [6, 6.07) is 11.8. The third-order valence-electron chi connectivity index (χ3n) is 2.72. The number of hydrogen-bond acceptors (Lipinski definition) is 3. The monoisotopic (exact) mass is 302 g/mol.